The van der Waals surface area contributed by atoms with Gasteiger partial charge in [-0.15, -0.1) is 0 Å². The number of hydrogen-bond acceptors (Lipinski definition) is 5. The van der Waals surface area contributed by atoms with Gasteiger partial charge in [0.15, 0.2) is 0 Å². The van der Waals surface area contributed by atoms with Crippen LogP contribution in [0.4, 0.5) is 5.82 Å². The monoisotopic (exact) mass is 239 g/mol. The van der Waals surface area contributed by atoms with Crippen molar-refractivity contribution in [2.45, 2.75) is 25.7 Å². The number of aromatic nitrogens is 2. The van der Waals surface area contributed by atoms with Gasteiger partial charge in [0.1, 0.15) is 12.1 Å². The fourth-order valence-electron chi connectivity index (χ4n) is 1.34. The smallest absolute Gasteiger partial charge is 0.303 e. The average Bonchev–Trinajstić information content (AvgIpc) is 2.33. The molecule has 0 radical (unpaired) electrons. The van der Waals surface area contributed by atoms with Gasteiger partial charge in [-0.3, -0.25) is 4.79 Å². The normalized spacial score (nSPS) is 9.94. The first-order valence-corrected chi connectivity index (χ1v) is 5.54. The first-order chi connectivity index (χ1) is 8.22. The molecule has 0 aliphatic rings. The highest BCUT2D eigenvalue weighted by Crippen LogP contribution is 2.10. The third kappa shape index (κ3) is 5.70. The van der Waals surface area contributed by atoms with Gasteiger partial charge in [-0.25, -0.2) is 9.97 Å². The summed E-state index contributed by atoms with van der Waals surface area (Å²) in [4.78, 5) is 18.2. The minimum Gasteiger partial charge on any atom is -0.481 e. The maximum absolute atomic E-state index is 10.3. The van der Waals surface area contributed by atoms with E-state index in [1.54, 1.807) is 13.2 Å². The number of carbonyl (C=O) groups is 1. The zero-order chi connectivity index (χ0) is 12.5. The fourth-order valence-corrected chi connectivity index (χ4v) is 1.34. The molecule has 0 atom stereocenters. The minimum absolute atomic E-state index is 0.237. The lowest BCUT2D eigenvalue weighted by Crippen LogP contribution is -2.04. The Balaban J connectivity index is 2.15. The van der Waals surface area contributed by atoms with E-state index >= 15 is 0 Å². The number of carboxylic acid groups (broad SMARTS) is 1. The highest BCUT2D eigenvalue weighted by Gasteiger charge is 1.98. The summed E-state index contributed by atoms with van der Waals surface area (Å²) in [5.74, 6) is 0.502. The van der Waals surface area contributed by atoms with Crippen LogP contribution in [-0.2, 0) is 4.79 Å². The lowest BCUT2D eigenvalue weighted by molar-refractivity contribution is -0.137. The van der Waals surface area contributed by atoms with Crippen molar-refractivity contribution in [3.8, 4) is 5.88 Å². The Morgan fingerprint density at radius 1 is 1.41 bits per heavy atom. The predicted molar refractivity (Wildman–Crippen MR) is 63.2 cm³/mol. The number of nitrogens with zero attached hydrogens (tertiary/aromatic N) is 2. The Morgan fingerprint density at radius 3 is 2.94 bits per heavy atom. The van der Waals surface area contributed by atoms with Crippen LogP contribution in [0.25, 0.3) is 0 Å². The lowest BCUT2D eigenvalue weighted by Gasteiger charge is -2.05. The maximum Gasteiger partial charge on any atom is 0.303 e. The summed E-state index contributed by atoms with van der Waals surface area (Å²) >= 11 is 0. The number of anilines is 1. The Morgan fingerprint density at radius 2 is 2.24 bits per heavy atom. The summed E-state index contributed by atoms with van der Waals surface area (Å²) in [6, 6.07) is 1.72. The van der Waals surface area contributed by atoms with Crippen molar-refractivity contribution in [1.29, 1.82) is 0 Å². The standard InChI is InChI=1S/C11H17N3O3/c1-17-10-7-9(13-8-14-10)12-6-4-2-3-5-11(15)16/h7-8H,2-6H2,1H3,(H,15,16)(H,12,13,14). The van der Waals surface area contributed by atoms with E-state index in [9.17, 15) is 4.79 Å². The van der Waals surface area contributed by atoms with E-state index in [1.807, 2.05) is 0 Å². The molecule has 1 aromatic rings. The quantitative estimate of drug-likeness (QED) is 0.669. The molecule has 6 nitrogen and oxygen atoms in total. The summed E-state index contributed by atoms with van der Waals surface area (Å²) in [5, 5.41) is 11.6. The molecule has 1 heterocycles. The molecule has 0 aliphatic carbocycles. The molecule has 0 fully saturated rings. The molecule has 0 aromatic carbocycles. The minimum atomic E-state index is -0.738. The van der Waals surface area contributed by atoms with Gasteiger partial charge in [-0.05, 0) is 12.8 Å². The van der Waals surface area contributed by atoms with Crippen LogP contribution in [0.2, 0.25) is 0 Å². The Hall–Kier alpha value is -1.85. The maximum atomic E-state index is 10.3. The molecular formula is C11H17N3O3. The highest BCUT2D eigenvalue weighted by molar-refractivity contribution is 5.66. The van der Waals surface area contributed by atoms with Crippen LogP contribution in [0.5, 0.6) is 5.88 Å². The van der Waals surface area contributed by atoms with E-state index in [0.717, 1.165) is 25.2 Å². The average molecular weight is 239 g/mol. The molecule has 94 valence electrons. The molecule has 1 rings (SSSR count). The number of nitrogens with one attached hydrogen (secondary N) is 1. The molecule has 0 spiro atoms. The van der Waals surface area contributed by atoms with Crippen LogP contribution in [-0.4, -0.2) is 34.7 Å². The number of aliphatic carboxylic acids is 1. The van der Waals surface area contributed by atoms with E-state index in [1.165, 1.54) is 6.33 Å². The van der Waals surface area contributed by atoms with E-state index < -0.39 is 5.97 Å². The Bertz CT molecular complexity index is 358. The van der Waals surface area contributed by atoms with Gasteiger partial charge in [0.2, 0.25) is 5.88 Å². The van der Waals surface area contributed by atoms with E-state index in [2.05, 4.69) is 15.3 Å². The number of rotatable bonds is 8. The molecule has 2 N–H and O–H groups in total. The molecule has 0 aliphatic heterocycles. The first-order valence-electron chi connectivity index (χ1n) is 5.54. The summed E-state index contributed by atoms with van der Waals surface area (Å²) < 4.78 is 4.97. The molecule has 0 unspecified atom stereocenters. The third-order valence-electron chi connectivity index (χ3n) is 2.22. The van der Waals surface area contributed by atoms with Crippen LogP contribution in [0.1, 0.15) is 25.7 Å². The van der Waals surface area contributed by atoms with Gasteiger partial charge in [0.25, 0.3) is 0 Å². The van der Waals surface area contributed by atoms with Crippen LogP contribution in [0, 0.1) is 0 Å². The topological polar surface area (TPSA) is 84.3 Å². The second-order valence-corrected chi connectivity index (χ2v) is 3.58. The molecule has 1 aromatic heterocycles. The number of carboxylic acids is 1. The van der Waals surface area contributed by atoms with Crippen LogP contribution < -0.4 is 10.1 Å². The van der Waals surface area contributed by atoms with Crippen molar-refractivity contribution in [2.75, 3.05) is 19.0 Å². The van der Waals surface area contributed by atoms with Crippen molar-refractivity contribution in [3.63, 3.8) is 0 Å². The molecule has 0 bridgehead atoms. The fraction of sp³-hybridized carbons (Fsp3) is 0.545. The van der Waals surface area contributed by atoms with Gasteiger partial charge >= 0.3 is 5.97 Å². The van der Waals surface area contributed by atoms with Gasteiger partial charge in [-0.1, -0.05) is 6.42 Å². The first kappa shape index (κ1) is 13.2. The number of unbranched alkanes of at least 4 members (excludes halogenated alkanes) is 2. The number of ether oxygens (including phenoxy) is 1. The number of methoxy groups -OCH3 is 1. The van der Waals surface area contributed by atoms with Crippen LogP contribution in [0.15, 0.2) is 12.4 Å². The van der Waals surface area contributed by atoms with Crippen molar-refractivity contribution < 1.29 is 14.6 Å². The van der Waals surface area contributed by atoms with Gasteiger partial charge in [0.05, 0.1) is 7.11 Å². The predicted octanol–water partition coefficient (Wildman–Crippen LogP) is 1.54. The molecule has 17 heavy (non-hydrogen) atoms. The van der Waals surface area contributed by atoms with Crippen molar-refractivity contribution >= 4 is 11.8 Å². The largest absolute Gasteiger partial charge is 0.481 e. The Labute approximate surface area is 100 Å². The van der Waals surface area contributed by atoms with Gasteiger partial charge in [-0.2, -0.15) is 0 Å². The summed E-state index contributed by atoms with van der Waals surface area (Å²) in [5.41, 5.74) is 0. The van der Waals surface area contributed by atoms with Crippen molar-refractivity contribution in [3.05, 3.63) is 12.4 Å². The summed E-state index contributed by atoms with van der Waals surface area (Å²) in [7, 11) is 1.55. The van der Waals surface area contributed by atoms with Crippen molar-refractivity contribution in [2.24, 2.45) is 0 Å². The second-order valence-electron chi connectivity index (χ2n) is 3.58. The van der Waals surface area contributed by atoms with Crippen LogP contribution in [0.3, 0.4) is 0 Å². The molecule has 6 heteroatoms. The second kappa shape index (κ2) is 7.43. The zero-order valence-corrected chi connectivity index (χ0v) is 9.85. The number of hydrogen-bond donors (Lipinski definition) is 2. The van der Waals surface area contributed by atoms with Crippen molar-refractivity contribution in [1.82, 2.24) is 9.97 Å². The third-order valence-corrected chi connectivity index (χ3v) is 2.22. The van der Waals surface area contributed by atoms with E-state index in [-0.39, 0.29) is 6.42 Å². The molecule has 0 amide bonds. The highest BCUT2D eigenvalue weighted by atomic mass is 16.5. The summed E-state index contributed by atoms with van der Waals surface area (Å²) in [6.45, 7) is 0.764. The van der Waals surface area contributed by atoms with Gasteiger partial charge < -0.3 is 15.2 Å². The Kier molecular flexibility index (Phi) is 5.77. The van der Waals surface area contributed by atoms with E-state index in [0.29, 0.717) is 12.3 Å². The zero-order valence-electron chi connectivity index (χ0n) is 9.85. The van der Waals surface area contributed by atoms with E-state index in [4.69, 9.17) is 9.84 Å². The van der Waals surface area contributed by atoms with Gasteiger partial charge in [0, 0.05) is 19.0 Å². The molecular weight excluding hydrogens is 222 g/mol. The summed E-state index contributed by atoms with van der Waals surface area (Å²) in [6.07, 6.45) is 4.19. The SMILES string of the molecule is COc1cc(NCCCCCC(=O)O)ncn1. The van der Waals surface area contributed by atoms with Crippen LogP contribution >= 0.6 is 0 Å². The lowest BCUT2D eigenvalue weighted by atomic mass is 10.2. The molecule has 0 saturated heterocycles. The molecule has 0 saturated carbocycles.